The van der Waals surface area contributed by atoms with Gasteiger partial charge in [-0.3, -0.25) is 0 Å². The van der Waals surface area contributed by atoms with E-state index >= 15 is 0 Å². The molecule has 0 spiro atoms. The van der Waals surface area contributed by atoms with Crippen LogP contribution in [0, 0.1) is 4.64 Å². The van der Waals surface area contributed by atoms with Crippen molar-refractivity contribution in [2.45, 2.75) is 6.18 Å². The Morgan fingerprint density at radius 3 is 2.53 bits per heavy atom. The van der Waals surface area contributed by atoms with Gasteiger partial charge in [-0.05, 0) is 24.3 Å². The van der Waals surface area contributed by atoms with Crippen LogP contribution in [0.5, 0.6) is 0 Å². The highest BCUT2D eigenvalue weighted by atomic mass is 35.5. The van der Waals surface area contributed by atoms with Crippen LogP contribution in [0.4, 0.5) is 18.9 Å². The van der Waals surface area contributed by atoms with E-state index in [4.69, 9.17) is 29.6 Å². The lowest BCUT2D eigenvalue weighted by atomic mass is 10.2. The first kappa shape index (κ1) is 13.8. The highest BCUT2D eigenvalue weighted by Gasteiger charge is 2.33. The molecule has 0 saturated carbocycles. The molecule has 3 nitrogen and oxygen atoms in total. The summed E-state index contributed by atoms with van der Waals surface area (Å²) in [6.07, 6.45) is -3.24. The summed E-state index contributed by atoms with van der Waals surface area (Å²) in [7, 11) is 0. The molecule has 2 N–H and O–H groups in total. The normalized spacial score (nSPS) is 11.6. The number of nitrogen functional groups attached to an aromatic ring is 1. The molecule has 19 heavy (non-hydrogen) atoms. The minimum absolute atomic E-state index is 0.168. The summed E-state index contributed by atoms with van der Waals surface area (Å²) in [6.45, 7) is 0. The molecule has 0 aliphatic carbocycles. The van der Waals surface area contributed by atoms with Gasteiger partial charge in [0.05, 0.1) is 28.2 Å². The molecule has 0 atom stereocenters. The summed E-state index contributed by atoms with van der Waals surface area (Å²) in [5.41, 5.74) is 5.05. The topological polar surface area (TPSA) is 43.8 Å². The predicted octanol–water partition coefficient (Wildman–Crippen LogP) is 3.86. The molecule has 1 heterocycles. The smallest absolute Gasteiger partial charge is 0.397 e. The van der Waals surface area contributed by atoms with Gasteiger partial charge in [-0.15, -0.1) is 0 Å². The van der Waals surface area contributed by atoms with Crippen molar-refractivity contribution in [3.63, 3.8) is 0 Å². The van der Waals surface area contributed by atoms with Gasteiger partial charge in [0, 0.05) is 0 Å². The van der Waals surface area contributed by atoms with Crippen molar-refractivity contribution in [1.29, 1.82) is 0 Å². The average molecular weight is 306 g/mol. The zero-order chi connectivity index (χ0) is 14.2. The number of alkyl halides is 3. The Hall–Kier alpha value is -1.60. The lowest BCUT2D eigenvalue weighted by Crippen LogP contribution is -2.09. The number of rotatable bonds is 1. The number of nitrogens with zero attached hydrogens (tertiary/aromatic N) is 2. The Labute approximate surface area is 116 Å². The number of aromatic nitrogens is 2. The van der Waals surface area contributed by atoms with Crippen molar-refractivity contribution in [3.05, 3.63) is 45.7 Å². The number of halogens is 4. The van der Waals surface area contributed by atoms with Crippen LogP contribution in [0.3, 0.4) is 0 Å². The second-order valence-corrected chi connectivity index (χ2v) is 4.53. The third kappa shape index (κ3) is 2.87. The van der Waals surface area contributed by atoms with Gasteiger partial charge in [-0.2, -0.15) is 18.3 Å². The molecular formula is C11H7ClF3N3S. The van der Waals surface area contributed by atoms with Gasteiger partial charge >= 0.3 is 6.18 Å². The van der Waals surface area contributed by atoms with Crippen molar-refractivity contribution in [3.8, 4) is 5.69 Å². The summed E-state index contributed by atoms with van der Waals surface area (Å²) in [6, 6.07) is 4.88. The first-order chi connectivity index (χ1) is 8.79. The number of anilines is 1. The molecule has 0 fully saturated rings. The summed E-state index contributed by atoms with van der Waals surface area (Å²) in [5.74, 6) is 0. The maximum absolute atomic E-state index is 12.7. The highest BCUT2D eigenvalue weighted by Crippen LogP contribution is 2.35. The van der Waals surface area contributed by atoms with Gasteiger partial charge in [-0.25, -0.2) is 4.68 Å². The van der Waals surface area contributed by atoms with Crippen LogP contribution < -0.4 is 5.73 Å². The number of hydrogen-bond donors (Lipinski definition) is 1. The first-order valence-electron chi connectivity index (χ1n) is 5.01. The summed E-state index contributed by atoms with van der Waals surface area (Å²) in [5, 5.41) is 3.50. The third-order valence-electron chi connectivity index (χ3n) is 2.32. The minimum atomic E-state index is -4.54. The van der Waals surface area contributed by atoms with E-state index in [9.17, 15) is 13.2 Å². The van der Waals surface area contributed by atoms with E-state index in [-0.39, 0.29) is 15.4 Å². The fraction of sp³-hybridized carbons (Fsp3) is 0.0909. The number of benzene rings is 1. The molecule has 0 aliphatic heterocycles. The van der Waals surface area contributed by atoms with E-state index < -0.39 is 11.7 Å². The summed E-state index contributed by atoms with van der Waals surface area (Å²) in [4.78, 5) is 0. The Kier molecular flexibility index (Phi) is 3.51. The SMILES string of the molecule is Nc1cnn(-c2ccc(Cl)c(C(F)(F)F)c2)c(=S)c1. The van der Waals surface area contributed by atoms with Gasteiger partial charge in [-0.1, -0.05) is 23.8 Å². The van der Waals surface area contributed by atoms with E-state index in [0.717, 1.165) is 12.1 Å². The molecule has 0 radical (unpaired) electrons. The monoisotopic (exact) mass is 305 g/mol. The molecule has 8 heteroatoms. The standard InChI is InChI=1S/C11H7ClF3N3S/c12-9-2-1-7(4-8(9)11(13,14)15)18-10(19)3-6(16)5-17-18/h1-5H,16H2. The van der Waals surface area contributed by atoms with Crippen molar-refractivity contribution in [1.82, 2.24) is 9.78 Å². The Morgan fingerprint density at radius 2 is 1.95 bits per heavy atom. The number of hydrogen-bond acceptors (Lipinski definition) is 3. The van der Waals surface area contributed by atoms with Gasteiger partial charge < -0.3 is 5.73 Å². The van der Waals surface area contributed by atoms with E-state index in [1.165, 1.54) is 23.0 Å². The minimum Gasteiger partial charge on any atom is -0.397 e. The molecule has 0 amide bonds. The zero-order valence-electron chi connectivity index (χ0n) is 9.28. The average Bonchev–Trinajstić information content (AvgIpc) is 2.29. The van der Waals surface area contributed by atoms with Crippen LogP contribution >= 0.6 is 23.8 Å². The molecule has 0 unspecified atom stereocenters. The Bertz CT molecular complexity index is 682. The Morgan fingerprint density at radius 1 is 1.26 bits per heavy atom. The molecular weight excluding hydrogens is 299 g/mol. The number of nitrogens with two attached hydrogens (primary N) is 1. The van der Waals surface area contributed by atoms with Gasteiger partial charge in [0.2, 0.25) is 0 Å². The van der Waals surface area contributed by atoms with Crippen LogP contribution in [0.25, 0.3) is 5.69 Å². The molecule has 1 aromatic carbocycles. The molecule has 100 valence electrons. The van der Waals surface area contributed by atoms with E-state index in [0.29, 0.717) is 5.69 Å². The summed E-state index contributed by atoms with van der Waals surface area (Å²) >= 11 is 10.5. The third-order valence-corrected chi connectivity index (χ3v) is 2.94. The second kappa shape index (κ2) is 4.82. The van der Waals surface area contributed by atoms with E-state index in [1.54, 1.807) is 0 Å². The van der Waals surface area contributed by atoms with Gasteiger partial charge in [0.15, 0.2) is 0 Å². The fourth-order valence-corrected chi connectivity index (χ4v) is 1.99. The van der Waals surface area contributed by atoms with Crippen LogP contribution in [0.15, 0.2) is 30.5 Å². The predicted molar refractivity (Wildman–Crippen MR) is 68.8 cm³/mol. The van der Waals surface area contributed by atoms with Crippen molar-refractivity contribution in [2.24, 2.45) is 0 Å². The lowest BCUT2D eigenvalue weighted by Gasteiger charge is -2.12. The van der Waals surface area contributed by atoms with E-state index in [1.807, 2.05) is 0 Å². The van der Waals surface area contributed by atoms with Crippen LogP contribution in [-0.2, 0) is 6.18 Å². The van der Waals surface area contributed by atoms with Crippen molar-refractivity contribution in [2.75, 3.05) is 5.73 Å². The van der Waals surface area contributed by atoms with Crippen molar-refractivity contribution >= 4 is 29.5 Å². The quantitative estimate of drug-likeness (QED) is 0.814. The Balaban J connectivity index is 2.61. The maximum atomic E-state index is 12.7. The molecule has 0 saturated heterocycles. The zero-order valence-corrected chi connectivity index (χ0v) is 10.9. The van der Waals surface area contributed by atoms with Crippen molar-refractivity contribution < 1.29 is 13.2 Å². The maximum Gasteiger partial charge on any atom is 0.417 e. The van der Waals surface area contributed by atoms with Crippen LogP contribution in [0.2, 0.25) is 5.02 Å². The highest BCUT2D eigenvalue weighted by molar-refractivity contribution is 7.71. The molecule has 1 aromatic heterocycles. The molecule has 2 aromatic rings. The van der Waals surface area contributed by atoms with Gasteiger partial charge in [0.25, 0.3) is 0 Å². The first-order valence-corrected chi connectivity index (χ1v) is 5.79. The molecule has 2 rings (SSSR count). The fourth-order valence-electron chi connectivity index (χ4n) is 1.48. The molecule has 0 bridgehead atoms. The van der Waals surface area contributed by atoms with Gasteiger partial charge in [0.1, 0.15) is 4.64 Å². The van der Waals surface area contributed by atoms with E-state index in [2.05, 4.69) is 5.10 Å². The lowest BCUT2D eigenvalue weighted by molar-refractivity contribution is -0.137. The summed E-state index contributed by atoms with van der Waals surface area (Å²) < 4.78 is 39.6. The van der Waals surface area contributed by atoms with Crippen LogP contribution in [-0.4, -0.2) is 9.78 Å². The second-order valence-electron chi connectivity index (χ2n) is 3.70. The molecule has 0 aliphatic rings. The largest absolute Gasteiger partial charge is 0.417 e. The van der Waals surface area contributed by atoms with Crippen LogP contribution in [0.1, 0.15) is 5.56 Å².